The van der Waals surface area contributed by atoms with Gasteiger partial charge in [0.2, 0.25) is 5.91 Å². The predicted molar refractivity (Wildman–Crippen MR) is 109 cm³/mol. The average molecular weight is 404 g/mol. The summed E-state index contributed by atoms with van der Waals surface area (Å²) < 4.78 is 13.6. The van der Waals surface area contributed by atoms with E-state index in [1.165, 1.54) is 23.5 Å². The second-order valence-electron chi connectivity index (χ2n) is 7.27. The van der Waals surface area contributed by atoms with E-state index < -0.39 is 6.04 Å². The first kappa shape index (κ1) is 20.5. The lowest BCUT2D eigenvalue weighted by Crippen LogP contribution is -2.52. The third-order valence-electron chi connectivity index (χ3n) is 5.12. The molecule has 0 aliphatic carbocycles. The van der Waals surface area contributed by atoms with Crippen LogP contribution in [0.2, 0.25) is 0 Å². The molecule has 0 radical (unpaired) electrons. The molecule has 2 heterocycles. The minimum Gasteiger partial charge on any atom is -0.352 e. The Bertz CT molecular complexity index is 810. The van der Waals surface area contributed by atoms with Gasteiger partial charge in [-0.3, -0.25) is 9.59 Å². The van der Waals surface area contributed by atoms with Crippen molar-refractivity contribution in [3.05, 3.63) is 58.0 Å². The number of amides is 2. The van der Waals surface area contributed by atoms with Crippen molar-refractivity contribution in [1.29, 1.82) is 0 Å². The fraction of sp³-hybridized carbons (Fsp3) is 0.429. The molecule has 28 heavy (non-hydrogen) atoms. The Morgan fingerprint density at radius 2 is 2.11 bits per heavy atom. The Hall–Kier alpha value is -2.25. The van der Waals surface area contributed by atoms with Gasteiger partial charge in [0.05, 0.1) is 10.9 Å². The van der Waals surface area contributed by atoms with Crippen molar-refractivity contribution in [3.8, 4) is 0 Å². The zero-order valence-corrected chi connectivity index (χ0v) is 17.0. The van der Waals surface area contributed by atoms with Crippen molar-refractivity contribution in [3.63, 3.8) is 0 Å². The van der Waals surface area contributed by atoms with E-state index in [1.54, 1.807) is 17.0 Å². The van der Waals surface area contributed by atoms with Gasteiger partial charge in [-0.25, -0.2) is 4.39 Å². The number of benzene rings is 1. The summed E-state index contributed by atoms with van der Waals surface area (Å²) in [6.07, 6.45) is 2.49. The number of carbonyl (C=O) groups is 2. The van der Waals surface area contributed by atoms with E-state index in [-0.39, 0.29) is 23.7 Å². The number of piperidine rings is 1. The van der Waals surface area contributed by atoms with Gasteiger partial charge in [-0.15, -0.1) is 11.3 Å². The molecule has 1 aliphatic heterocycles. The minimum absolute atomic E-state index is 0.0795. The molecule has 5 nitrogen and oxygen atoms in total. The number of rotatable bonds is 6. The van der Waals surface area contributed by atoms with Crippen molar-refractivity contribution in [2.75, 3.05) is 27.2 Å². The summed E-state index contributed by atoms with van der Waals surface area (Å²) in [5.41, 5.74) is 0.806. The molecule has 1 N–H and O–H groups in total. The highest BCUT2D eigenvalue weighted by Crippen LogP contribution is 2.23. The molecule has 2 unspecified atom stereocenters. The van der Waals surface area contributed by atoms with E-state index >= 15 is 0 Å². The number of likely N-dealkylation sites (tertiary alicyclic amines) is 1. The number of likely N-dealkylation sites (N-methyl/N-ethyl adjacent to an activating group) is 1. The standard InChI is InChI=1S/C21H26FN3O2S/c1-24(2)18(15-7-5-8-16(22)13-15)14-23-20(26)17-9-3-4-11-25(17)21(27)19-10-6-12-28-19/h5-8,10,12-13,17-18H,3-4,9,11,14H2,1-2H3,(H,23,26). The molecule has 3 rings (SSSR count). The zero-order chi connectivity index (χ0) is 20.1. The fourth-order valence-corrected chi connectivity index (χ4v) is 4.30. The van der Waals surface area contributed by atoms with Crippen LogP contribution in [-0.4, -0.2) is 54.8 Å². The summed E-state index contributed by atoms with van der Waals surface area (Å²) in [6, 6.07) is 9.46. The summed E-state index contributed by atoms with van der Waals surface area (Å²) in [5.74, 6) is -0.521. The molecule has 1 aromatic heterocycles. The van der Waals surface area contributed by atoms with Gasteiger partial charge in [0.25, 0.3) is 5.91 Å². The normalized spacial score (nSPS) is 18.1. The van der Waals surface area contributed by atoms with E-state index in [0.29, 0.717) is 24.4 Å². The smallest absolute Gasteiger partial charge is 0.264 e. The SMILES string of the molecule is CN(C)C(CNC(=O)C1CCCCN1C(=O)c1cccs1)c1cccc(F)c1. The molecular weight excluding hydrogens is 377 g/mol. The highest BCUT2D eigenvalue weighted by atomic mass is 32.1. The number of hydrogen-bond donors (Lipinski definition) is 1. The third kappa shape index (κ3) is 4.77. The van der Waals surface area contributed by atoms with Crippen molar-refractivity contribution in [1.82, 2.24) is 15.1 Å². The molecule has 150 valence electrons. The highest BCUT2D eigenvalue weighted by Gasteiger charge is 2.33. The maximum absolute atomic E-state index is 13.6. The van der Waals surface area contributed by atoms with E-state index in [1.807, 2.05) is 36.5 Å². The number of nitrogens with zero attached hydrogens (tertiary/aromatic N) is 2. The van der Waals surface area contributed by atoms with Gasteiger partial charge >= 0.3 is 0 Å². The number of nitrogens with one attached hydrogen (secondary N) is 1. The zero-order valence-electron chi connectivity index (χ0n) is 16.2. The molecule has 2 amide bonds. The Morgan fingerprint density at radius 1 is 1.29 bits per heavy atom. The average Bonchev–Trinajstić information content (AvgIpc) is 3.22. The Labute approximate surface area is 169 Å². The topological polar surface area (TPSA) is 52.7 Å². The molecular formula is C21H26FN3O2S. The molecule has 2 aromatic rings. The molecule has 0 bridgehead atoms. The summed E-state index contributed by atoms with van der Waals surface area (Å²) in [5, 5.41) is 4.86. The quantitative estimate of drug-likeness (QED) is 0.805. The maximum atomic E-state index is 13.6. The Morgan fingerprint density at radius 3 is 2.79 bits per heavy atom. The van der Waals surface area contributed by atoms with E-state index in [9.17, 15) is 14.0 Å². The third-order valence-corrected chi connectivity index (χ3v) is 5.98. The van der Waals surface area contributed by atoms with Crippen LogP contribution >= 0.6 is 11.3 Å². The molecule has 1 aliphatic rings. The van der Waals surface area contributed by atoms with E-state index in [0.717, 1.165) is 18.4 Å². The van der Waals surface area contributed by atoms with Gasteiger partial charge in [0, 0.05) is 13.1 Å². The van der Waals surface area contributed by atoms with Gasteiger partial charge in [-0.1, -0.05) is 18.2 Å². The van der Waals surface area contributed by atoms with Crippen LogP contribution in [0, 0.1) is 5.82 Å². The van der Waals surface area contributed by atoms with Crippen molar-refractivity contribution in [2.24, 2.45) is 0 Å². The second kappa shape index (κ2) is 9.30. The van der Waals surface area contributed by atoms with E-state index in [2.05, 4.69) is 5.32 Å². The first-order valence-corrected chi connectivity index (χ1v) is 10.4. The highest BCUT2D eigenvalue weighted by molar-refractivity contribution is 7.12. The second-order valence-corrected chi connectivity index (χ2v) is 8.21. The Balaban J connectivity index is 1.68. The van der Waals surface area contributed by atoms with Crippen molar-refractivity contribution >= 4 is 23.2 Å². The van der Waals surface area contributed by atoms with Gasteiger partial charge in [0.15, 0.2) is 0 Å². The molecule has 0 spiro atoms. The van der Waals surface area contributed by atoms with E-state index in [4.69, 9.17) is 0 Å². The first-order chi connectivity index (χ1) is 13.5. The van der Waals surface area contributed by atoms with Crippen LogP contribution in [0.3, 0.4) is 0 Å². The summed E-state index contributed by atoms with van der Waals surface area (Å²) in [6.45, 7) is 0.947. The molecule has 7 heteroatoms. The number of carbonyl (C=O) groups excluding carboxylic acids is 2. The lowest BCUT2D eigenvalue weighted by atomic mass is 10.0. The lowest BCUT2D eigenvalue weighted by Gasteiger charge is -2.35. The summed E-state index contributed by atoms with van der Waals surface area (Å²) >= 11 is 1.39. The minimum atomic E-state index is -0.460. The molecule has 0 saturated carbocycles. The number of thiophene rings is 1. The number of hydrogen-bond acceptors (Lipinski definition) is 4. The van der Waals surface area contributed by atoms with Crippen molar-refractivity contribution < 1.29 is 14.0 Å². The largest absolute Gasteiger partial charge is 0.352 e. The van der Waals surface area contributed by atoms with Crippen LogP contribution in [0.25, 0.3) is 0 Å². The molecule has 1 saturated heterocycles. The van der Waals surface area contributed by atoms with Gasteiger partial charge in [0.1, 0.15) is 11.9 Å². The van der Waals surface area contributed by atoms with Crippen LogP contribution in [0.15, 0.2) is 41.8 Å². The van der Waals surface area contributed by atoms with Crippen LogP contribution in [-0.2, 0) is 4.79 Å². The van der Waals surface area contributed by atoms with Crippen LogP contribution in [0.1, 0.15) is 40.5 Å². The van der Waals surface area contributed by atoms with Crippen molar-refractivity contribution in [2.45, 2.75) is 31.3 Å². The van der Waals surface area contributed by atoms with Crippen LogP contribution in [0.4, 0.5) is 4.39 Å². The van der Waals surface area contributed by atoms with Gasteiger partial charge in [-0.2, -0.15) is 0 Å². The van der Waals surface area contributed by atoms with Gasteiger partial charge in [-0.05, 0) is 62.5 Å². The molecule has 2 atom stereocenters. The maximum Gasteiger partial charge on any atom is 0.264 e. The summed E-state index contributed by atoms with van der Waals surface area (Å²) in [7, 11) is 3.80. The first-order valence-electron chi connectivity index (χ1n) is 9.51. The van der Waals surface area contributed by atoms with Crippen LogP contribution in [0.5, 0.6) is 0 Å². The summed E-state index contributed by atoms with van der Waals surface area (Å²) in [4.78, 5) is 30.0. The lowest BCUT2D eigenvalue weighted by molar-refractivity contribution is -0.126. The molecule has 1 aromatic carbocycles. The number of halogens is 1. The van der Waals surface area contributed by atoms with Gasteiger partial charge < -0.3 is 15.1 Å². The molecule has 1 fully saturated rings. The van der Waals surface area contributed by atoms with Crippen LogP contribution < -0.4 is 5.32 Å². The fourth-order valence-electron chi connectivity index (χ4n) is 3.62. The predicted octanol–water partition coefficient (Wildman–Crippen LogP) is 3.30. The monoisotopic (exact) mass is 403 g/mol. The Kier molecular flexibility index (Phi) is 6.80.